The van der Waals surface area contributed by atoms with Crippen LogP contribution in [0, 0.1) is 0 Å². The van der Waals surface area contributed by atoms with Crippen molar-refractivity contribution in [1.82, 2.24) is 15.3 Å². The molecule has 3 aliphatic heterocycles. The molecule has 0 aromatic rings. The summed E-state index contributed by atoms with van der Waals surface area (Å²) in [5.41, 5.74) is 0. The molecule has 9 heteroatoms. The van der Waals surface area contributed by atoms with Gasteiger partial charge in [-0.15, -0.1) is 5.06 Å². The highest BCUT2D eigenvalue weighted by Gasteiger charge is 2.47. The molecule has 3 atom stereocenters. The molecule has 0 radical (unpaired) electrons. The van der Waals surface area contributed by atoms with Crippen molar-refractivity contribution in [1.29, 1.82) is 0 Å². The number of imide groups is 1. The summed E-state index contributed by atoms with van der Waals surface area (Å²) in [5.74, 6) is -0.511. The summed E-state index contributed by atoms with van der Waals surface area (Å²) in [6.45, 7) is 2.92. The van der Waals surface area contributed by atoms with Crippen LogP contribution in [0.15, 0.2) is 0 Å². The van der Waals surface area contributed by atoms with Gasteiger partial charge in [-0.2, -0.15) is 11.8 Å². The van der Waals surface area contributed by atoms with E-state index < -0.39 is 17.8 Å². The average molecular weight is 397 g/mol. The molecule has 0 aromatic heterocycles. The molecule has 3 heterocycles. The number of hydrogen-bond donors (Lipinski definition) is 1. The van der Waals surface area contributed by atoms with E-state index >= 15 is 0 Å². The largest absolute Gasteiger partial charge is 0.333 e. The lowest BCUT2D eigenvalue weighted by molar-refractivity contribution is -0.197. The Morgan fingerprint density at radius 2 is 1.93 bits per heavy atom. The Labute approximate surface area is 163 Å². The van der Waals surface area contributed by atoms with Crippen LogP contribution in [0.25, 0.3) is 0 Å². The summed E-state index contributed by atoms with van der Waals surface area (Å²) in [6.07, 6.45) is 4.87. The van der Waals surface area contributed by atoms with E-state index in [1.165, 1.54) is 0 Å². The first-order valence-electron chi connectivity index (χ1n) is 9.76. The van der Waals surface area contributed by atoms with E-state index in [1.54, 1.807) is 0 Å². The van der Waals surface area contributed by atoms with Crippen LogP contribution in [0.5, 0.6) is 0 Å². The molecule has 0 bridgehead atoms. The Kier molecular flexibility index (Phi) is 6.62. The Morgan fingerprint density at radius 1 is 1.19 bits per heavy atom. The van der Waals surface area contributed by atoms with E-state index in [2.05, 4.69) is 12.2 Å². The second-order valence-corrected chi connectivity index (χ2v) is 8.53. The fourth-order valence-corrected chi connectivity index (χ4v) is 5.46. The molecule has 0 saturated carbocycles. The summed E-state index contributed by atoms with van der Waals surface area (Å²) in [4.78, 5) is 53.8. The molecule has 27 heavy (non-hydrogen) atoms. The molecular weight excluding hydrogens is 370 g/mol. The van der Waals surface area contributed by atoms with Crippen molar-refractivity contribution < 1.29 is 24.0 Å². The van der Waals surface area contributed by atoms with Gasteiger partial charge in [0.15, 0.2) is 0 Å². The van der Waals surface area contributed by atoms with Gasteiger partial charge in [-0.1, -0.05) is 19.8 Å². The van der Waals surface area contributed by atoms with Gasteiger partial charge >= 0.3 is 12.0 Å². The highest BCUT2D eigenvalue weighted by atomic mass is 32.2. The quantitative estimate of drug-likeness (QED) is 0.362. The van der Waals surface area contributed by atoms with Crippen LogP contribution in [0.1, 0.15) is 58.3 Å². The lowest BCUT2D eigenvalue weighted by atomic mass is 10.0. The normalized spacial score (nSPS) is 27.3. The maximum Gasteiger partial charge on any atom is 0.333 e. The summed E-state index contributed by atoms with van der Waals surface area (Å²) >= 11 is 1.89. The number of carbonyl (C=O) groups excluding carboxylic acids is 4. The minimum Gasteiger partial charge on any atom is -0.332 e. The standard InChI is InChI=1S/C18H27N3O5S/c1-2-3-10-20-17-12(19-18(20)25)11-27-13(17)6-4-5-7-16(24)26-21-14(22)8-9-15(21)23/h12-13,17H,2-11H2,1H3,(H,19,25)/t12?,13-,17-/m0/s1. The van der Waals surface area contributed by atoms with Crippen LogP contribution >= 0.6 is 11.8 Å². The first-order chi connectivity index (χ1) is 13.0. The number of hydroxylamine groups is 2. The predicted octanol–water partition coefficient (Wildman–Crippen LogP) is 1.83. The smallest absolute Gasteiger partial charge is 0.332 e. The molecule has 3 saturated heterocycles. The lowest BCUT2D eigenvalue weighted by Crippen LogP contribution is -2.41. The van der Waals surface area contributed by atoms with Crippen molar-refractivity contribution >= 4 is 35.6 Å². The summed E-state index contributed by atoms with van der Waals surface area (Å²) in [7, 11) is 0. The van der Waals surface area contributed by atoms with Crippen LogP contribution in [-0.4, -0.2) is 63.4 Å². The van der Waals surface area contributed by atoms with Crippen LogP contribution in [0.2, 0.25) is 0 Å². The molecule has 3 aliphatic rings. The topological polar surface area (TPSA) is 96.0 Å². The molecule has 8 nitrogen and oxygen atoms in total. The zero-order valence-corrected chi connectivity index (χ0v) is 16.5. The van der Waals surface area contributed by atoms with Gasteiger partial charge in [0.2, 0.25) is 0 Å². The number of carbonyl (C=O) groups is 4. The predicted molar refractivity (Wildman–Crippen MR) is 99.6 cm³/mol. The average Bonchev–Trinajstić information content (AvgIpc) is 3.27. The van der Waals surface area contributed by atoms with Crippen molar-refractivity contribution in [2.45, 2.75) is 75.6 Å². The summed E-state index contributed by atoms with van der Waals surface area (Å²) < 4.78 is 0. The van der Waals surface area contributed by atoms with Crippen LogP contribution in [0.4, 0.5) is 4.79 Å². The van der Waals surface area contributed by atoms with Gasteiger partial charge in [0.05, 0.1) is 12.1 Å². The van der Waals surface area contributed by atoms with E-state index in [4.69, 9.17) is 4.84 Å². The number of hydrogen-bond acceptors (Lipinski definition) is 6. The fraction of sp³-hybridized carbons (Fsp3) is 0.778. The Bertz CT molecular complexity index is 598. The highest BCUT2D eigenvalue weighted by molar-refractivity contribution is 8.00. The van der Waals surface area contributed by atoms with Crippen LogP contribution in [0.3, 0.4) is 0 Å². The number of rotatable bonds is 9. The number of unbranched alkanes of at least 4 members (excludes halogenated alkanes) is 2. The first kappa shape index (κ1) is 20.0. The fourth-order valence-electron chi connectivity index (χ4n) is 3.86. The van der Waals surface area contributed by atoms with Gasteiger partial charge in [-0.05, 0) is 19.3 Å². The number of fused-ring (bicyclic) bond motifs is 1. The SMILES string of the molecule is CCCCN1C(=O)NC2CS[C@@H](CCCCC(=O)ON3C(=O)CCC3=O)[C@H]21. The van der Waals surface area contributed by atoms with Crippen molar-refractivity contribution in [3.8, 4) is 0 Å². The van der Waals surface area contributed by atoms with Gasteiger partial charge in [0, 0.05) is 36.8 Å². The monoisotopic (exact) mass is 397 g/mol. The third-order valence-corrected chi connectivity index (χ3v) is 6.78. The zero-order chi connectivity index (χ0) is 19.4. The number of nitrogens with zero attached hydrogens (tertiary/aromatic N) is 2. The maximum absolute atomic E-state index is 12.2. The van der Waals surface area contributed by atoms with Gasteiger partial charge in [0.1, 0.15) is 0 Å². The molecule has 0 spiro atoms. The highest BCUT2D eigenvalue weighted by Crippen LogP contribution is 2.37. The maximum atomic E-state index is 12.2. The zero-order valence-electron chi connectivity index (χ0n) is 15.6. The Balaban J connectivity index is 1.40. The first-order valence-corrected chi connectivity index (χ1v) is 10.8. The molecule has 0 aromatic carbocycles. The summed E-state index contributed by atoms with van der Waals surface area (Å²) in [6, 6.07) is 0.509. The molecule has 150 valence electrons. The van der Waals surface area contributed by atoms with Gasteiger partial charge in [0.25, 0.3) is 11.8 Å². The van der Waals surface area contributed by atoms with E-state index in [1.807, 2.05) is 16.7 Å². The van der Waals surface area contributed by atoms with E-state index in [0.717, 1.165) is 38.0 Å². The minimum absolute atomic E-state index is 0.0484. The molecule has 1 unspecified atom stereocenters. The van der Waals surface area contributed by atoms with E-state index in [0.29, 0.717) is 16.7 Å². The van der Waals surface area contributed by atoms with E-state index in [-0.39, 0.29) is 37.4 Å². The van der Waals surface area contributed by atoms with Gasteiger partial charge in [-0.25, -0.2) is 9.59 Å². The third-order valence-electron chi connectivity index (χ3n) is 5.28. The van der Waals surface area contributed by atoms with Crippen LogP contribution in [-0.2, 0) is 19.2 Å². The molecule has 0 aliphatic carbocycles. The van der Waals surface area contributed by atoms with Crippen molar-refractivity contribution in [2.24, 2.45) is 0 Å². The number of thioether (sulfide) groups is 1. The molecule has 3 rings (SSSR count). The number of urea groups is 1. The second kappa shape index (κ2) is 8.95. The Morgan fingerprint density at radius 3 is 2.63 bits per heavy atom. The molecule has 3 fully saturated rings. The second-order valence-electron chi connectivity index (χ2n) is 7.26. The van der Waals surface area contributed by atoms with Crippen LogP contribution < -0.4 is 5.32 Å². The summed E-state index contributed by atoms with van der Waals surface area (Å²) in [5, 5.41) is 4.06. The van der Waals surface area contributed by atoms with Gasteiger partial charge < -0.3 is 15.1 Å². The van der Waals surface area contributed by atoms with Crippen molar-refractivity contribution in [2.75, 3.05) is 12.3 Å². The third kappa shape index (κ3) is 4.56. The molecule has 1 N–H and O–H groups in total. The number of amides is 4. The molecular formula is C18H27N3O5S. The lowest BCUT2D eigenvalue weighted by Gasteiger charge is -2.27. The van der Waals surface area contributed by atoms with Crippen molar-refractivity contribution in [3.63, 3.8) is 0 Å². The van der Waals surface area contributed by atoms with E-state index in [9.17, 15) is 19.2 Å². The Hall–Kier alpha value is -1.77. The van der Waals surface area contributed by atoms with Crippen molar-refractivity contribution in [3.05, 3.63) is 0 Å². The van der Waals surface area contributed by atoms with Gasteiger partial charge in [-0.3, -0.25) is 9.59 Å². The minimum atomic E-state index is -0.544. The molecule has 4 amide bonds. The number of nitrogens with one attached hydrogen (secondary N) is 1.